The van der Waals surface area contributed by atoms with E-state index in [4.69, 9.17) is 11.6 Å². The summed E-state index contributed by atoms with van der Waals surface area (Å²) in [6, 6.07) is 9.10. The third-order valence-corrected chi connectivity index (χ3v) is 4.04. The average Bonchev–Trinajstić information content (AvgIpc) is 2.39. The lowest BCUT2D eigenvalue weighted by Gasteiger charge is -2.37. The van der Waals surface area contributed by atoms with E-state index in [0.29, 0.717) is 11.9 Å². The van der Waals surface area contributed by atoms with Crippen molar-refractivity contribution in [2.75, 3.05) is 32.1 Å². The van der Waals surface area contributed by atoms with Crippen LogP contribution >= 0.6 is 11.6 Å². The van der Waals surface area contributed by atoms with Gasteiger partial charge in [0.2, 0.25) is 0 Å². The van der Waals surface area contributed by atoms with Gasteiger partial charge in [0.25, 0.3) is 0 Å². The van der Waals surface area contributed by atoms with E-state index >= 15 is 0 Å². The zero-order valence-corrected chi connectivity index (χ0v) is 11.5. The third kappa shape index (κ3) is 2.93. The maximum absolute atomic E-state index is 6.00. The SMILES string of the molecule is CN1CCC(N(C)c2ccccc2CCl)CC1. The summed E-state index contributed by atoms with van der Waals surface area (Å²) in [6.07, 6.45) is 2.48. The van der Waals surface area contributed by atoms with Gasteiger partial charge in [-0.25, -0.2) is 0 Å². The summed E-state index contributed by atoms with van der Waals surface area (Å²) in [7, 11) is 4.39. The first-order valence-corrected chi connectivity index (χ1v) is 6.81. The molecule has 0 saturated carbocycles. The highest BCUT2D eigenvalue weighted by Gasteiger charge is 2.21. The maximum atomic E-state index is 6.00. The first-order valence-electron chi connectivity index (χ1n) is 6.27. The van der Waals surface area contributed by atoms with Gasteiger partial charge in [-0.3, -0.25) is 0 Å². The van der Waals surface area contributed by atoms with Crippen LogP contribution in [0.3, 0.4) is 0 Å². The molecule has 94 valence electrons. The van der Waals surface area contributed by atoms with E-state index in [0.717, 1.165) is 0 Å². The number of nitrogens with zero attached hydrogens (tertiary/aromatic N) is 2. The largest absolute Gasteiger partial charge is 0.371 e. The molecule has 1 heterocycles. The van der Waals surface area contributed by atoms with Gasteiger partial charge in [0.1, 0.15) is 0 Å². The summed E-state index contributed by atoms with van der Waals surface area (Å²) in [6.45, 7) is 2.39. The molecule has 0 amide bonds. The molecular weight excluding hydrogens is 232 g/mol. The van der Waals surface area contributed by atoms with Crippen LogP contribution in [-0.4, -0.2) is 38.1 Å². The first kappa shape index (κ1) is 12.7. The number of hydrogen-bond acceptors (Lipinski definition) is 2. The summed E-state index contributed by atoms with van der Waals surface area (Å²) in [4.78, 5) is 4.81. The molecule has 17 heavy (non-hydrogen) atoms. The van der Waals surface area contributed by atoms with Crippen LogP contribution in [0.4, 0.5) is 5.69 Å². The van der Waals surface area contributed by atoms with E-state index in [1.165, 1.54) is 37.2 Å². The van der Waals surface area contributed by atoms with Gasteiger partial charge >= 0.3 is 0 Å². The molecule has 1 aromatic rings. The summed E-state index contributed by atoms with van der Waals surface area (Å²) in [5.74, 6) is 0.590. The number of benzene rings is 1. The second-order valence-corrected chi connectivity index (χ2v) is 5.17. The van der Waals surface area contributed by atoms with Crippen molar-refractivity contribution in [2.24, 2.45) is 0 Å². The van der Waals surface area contributed by atoms with Gasteiger partial charge in [0.15, 0.2) is 0 Å². The molecule has 0 N–H and O–H groups in total. The fourth-order valence-electron chi connectivity index (χ4n) is 2.55. The Morgan fingerprint density at radius 3 is 2.59 bits per heavy atom. The van der Waals surface area contributed by atoms with Crippen LogP contribution in [0.15, 0.2) is 24.3 Å². The highest BCUT2D eigenvalue weighted by Crippen LogP contribution is 2.26. The van der Waals surface area contributed by atoms with E-state index in [1.807, 2.05) is 0 Å². The Morgan fingerprint density at radius 1 is 1.29 bits per heavy atom. The highest BCUT2D eigenvalue weighted by atomic mass is 35.5. The lowest BCUT2D eigenvalue weighted by molar-refractivity contribution is 0.253. The molecule has 1 fully saturated rings. The Balaban J connectivity index is 2.10. The smallest absolute Gasteiger partial charge is 0.0494 e. The molecule has 0 atom stereocenters. The molecule has 1 aromatic carbocycles. The van der Waals surface area contributed by atoms with Gasteiger partial charge in [0.05, 0.1) is 0 Å². The number of para-hydroxylation sites is 1. The number of anilines is 1. The van der Waals surface area contributed by atoms with E-state index in [1.54, 1.807) is 0 Å². The summed E-state index contributed by atoms with van der Waals surface area (Å²) in [5, 5.41) is 0. The Labute approximate surface area is 109 Å². The van der Waals surface area contributed by atoms with Crippen molar-refractivity contribution in [1.82, 2.24) is 4.90 Å². The fraction of sp³-hybridized carbons (Fsp3) is 0.571. The van der Waals surface area contributed by atoms with Crippen LogP contribution in [0.25, 0.3) is 0 Å². The predicted octanol–water partition coefficient (Wildman–Crippen LogP) is 2.96. The van der Waals surface area contributed by atoms with Crippen LogP contribution in [0, 0.1) is 0 Å². The van der Waals surface area contributed by atoms with Gasteiger partial charge in [-0.1, -0.05) is 18.2 Å². The Hall–Kier alpha value is -0.730. The van der Waals surface area contributed by atoms with Crippen molar-refractivity contribution in [1.29, 1.82) is 0 Å². The second kappa shape index (κ2) is 5.74. The number of likely N-dealkylation sites (tertiary alicyclic amines) is 1. The van der Waals surface area contributed by atoms with E-state index in [9.17, 15) is 0 Å². The maximum Gasteiger partial charge on any atom is 0.0494 e. The molecule has 1 aliphatic rings. The number of piperidine rings is 1. The Bertz CT molecular complexity index is 359. The van der Waals surface area contributed by atoms with E-state index < -0.39 is 0 Å². The topological polar surface area (TPSA) is 6.48 Å². The van der Waals surface area contributed by atoms with Crippen LogP contribution in [0.2, 0.25) is 0 Å². The quantitative estimate of drug-likeness (QED) is 0.764. The minimum Gasteiger partial charge on any atom is -0.371 e. The van der Waals surface area contributed by atoms with E-state index in [2.05, 4.69) is 48.2 Å². The van der Waals surface area contributed by atoms with Gasteiger partial charge in [-0.05, 0) is 44.6 Å². The molecule has 2 nitrogen and oxygen atoms in total. The van der Waals surface area contributed by atoms with Gasteiger partial charge in [0, 0.05) is 24.7 Å². The van der Waals surface area contributed by atoms with Crippen molar-refractivity contribution in [3.05, 3.63) is 29.8 Å². The molecule has 0 radical (unpaired) electrons. The summed E-state index contributed by atoms with van der Waals surface area (Å²) in [5.41, 5.74) is 2.52. The number of alkyl halides is 1. The fourth-order valence-corrected chi connectivity index (χ4v) is 2.77. The van der Waals surface area contributed by atoms with Crippen molar-refractivity contribution in [3.63, 3.8) is 0 Å². The Morgan fingerprint density at radius 2 is 1.94 bits per heavy atom. The number of hydrogen-bond donors (Lipinski definition) is 0. The number of rotatable bonds is 3. The minimum atomic E-state index is 0.590. The van der Waals surface area contributed by atoms with Crippen LogP contribution < -0.4 is 4.90 Å². The average molecular weight is 253 g/mol. The summed E-state index contributed by atoms with van der Waals surface area (Å²) >= 11 is 6.00. The van der Waals surface area contributed by atoms with Gasteiger partial charge in [-0.2, -0.15) is 0 Å². The predicted molar refractivity (Wildman–Crippen MR) is 74.9 cm³/mol. The normalized spacial score (nSPS) is 18.3. The molecule has 1 saturated heterocycles. The van der Waals surface area contributed by atoms with Crippen molar-refractivity contribution in [2.45, 2.75) is 24.8 Å². The molecular formula is C14H21ClN2. The molecule has 1 aliphatic heterocycles. The molecule has 0 aromatic heterocycles. The molecule has 0 unspecified atom stereocenters. The first-order chi connectivity index (χ1) is 8.22. The lowest BCUT2D eigenvalue weighted by Crippen LogP contribution is -2.42. The van der Waals surface area contributed by atoms with E-state index in [-0.39, 0.29) is 0 Å². The summed E-state index contributed by atoms with van der Waals surface area (Å²) < 4.78 is 0. The number of halogens is 1. The lowest BCUT2D eigenvalue weighted by atomic mass is 10.0. The molecule has 0 aliphatic carbocycles. The second-order valence-electron chi connectivity index (χ2n) is 4.91. The standard InChI is InChI=1S/C14H21ClN2/c1-16-9-7-13(8-10-16)17(2)14-6-4-3-5-12(14)11-15/h3-6,13H,7-11H2,1-2H3. The van der Waals surface area contributed by atoms with Crippen molar-refractivity contribution >= 4 is 17.3 Å². The van der Waals surface area contributed by atoms with Crippen LogP contribution in [0.5, 0.6) is 0 Å². The van der Waals surface area contributed by atoms with Crippen molar-refractivity contribution in [3.8, 4) is 0 Å². The van der Waals surface area contributed by atoms with Crippen molar-refractivity contribution < 1.29 is 0 Å². The van der Waals surface area contributed by atoms with Crippen LogP contribution in [-0.2, 0) is 5.88 Å². The minimum absolute atomic E-state index is 0.590. The zero-order chi connectivity index (χ0) is 12.3. The monoisotopic (exact) mass is 252 g/mol. The third-order valence-electron chi connectivity index (χ3n) is 3.75. The van der Waals surface area contributed by atoms with Gasteiger partial charge in [-0.15, -0.1) is 11.6 Å². The Kier molecular flexibility index (Phi) is 4.30. The molecule has 3 heteroatoms. The molecule has 0 spiro atoms. The highest BCUT2D eigenvalue weighted by molar-refractivity contribution is 6.17. The molecule has 0 bridgehead atoms. The zero-order valence-electron chi connectivity index (χ0n) is 10.7. The van der Waals surface area contributed by atoms with Gasteiger partial charge < -0.3 is 9.80 Å². The van der Waals surface area contributed by atoms with Crippen LogP contribution in [0.1, 0.15) is 18.4 Å². The molecule has 2 rings (SSSR count).